The van der Waals surface area contributed by atoms with Gasteiger partial charge in [0.05, 0.1) is 14.2 Å². The predicted molar refractivity (Wildman–Crippen MR) is 174 cm³/mol. The van der Waals surface area contributed by atoms with E-state index in [-0.39, 0.29) is 11.9 Å². The van der Waals surface area contributed by atoms with Gasteiger partial charge in [-0.25, -0.2) is 0 Å². The van der Waals surface area contributed by atoms with Crippen LogP contribution in [0.25, 0.3) is 0 Å². The third-order valence-corrected chi connectivity index (χ3v) is 7.27. The van der Waals surface area contributed by atoms with Crippen LogP contribution in [0.4, 0.5) is 0 Å². The molecule has 0 atom stereocenters. The van der Waals surface area contributed by atoms with E-state index < -0.39 is 0 Å². The first kappa shape index (κ1) is 40.6. The van der Waals surface area contributed by atoms with Gasteiger partial charge in [-0.2, -0.15) is 0 Å². The summed E-state index contributed by atoms with van der Waals surface area (Å²) < 4.78 is 9.23. The molecule has 4 heteroatoms. The maximum Gasteiger partial charge on any atom is 0.305 e. The van der Waals surface area contributed by atoms with Crippen LogP contribution in [0.2, 0.25) is 0 Å². The zero-order valence-electron chi connectivity index (χ0n) is 27.3. The minimum Gasteiger partial charge on any atom is -0.469 e. The number of esters is 2. The monoisotopic (exact) mass is 565 g/mol. The first-order valence-electron chi connectivity index (χ1n) is 17.1. The Morgan fingerprint density at radius 3 is 1.10 bits per heavy atom. The molecule has 0 aliphatic heterocycles. The van der Waals surface area contributed by atoms with Crippen molar-refractivity contribution in [2.75, 3.05) is 14.2 Å². The second-order valence-electron chi connectivity index (χ2n) is 11.1. The molecule has 0 amide bonds. The van der Waals surface area contributed by atoms with Crippen molar-refractivity contribution >= 4 is 11.9 Å². The van der Waals surface area contributed by atoms with Crippen molar-refractivity contribution in [1.82, 2.24) is 0 Å². The minimum atomic E-state index is -0.0827. The van der Waals surface area contributed by atoms with Crippen molar-refractivity contribution < 1.29 is 19.1 Å². The van der Waals surface area contributed by atoms with E-state index in [9.17, 15) is 9.59 Å². The van der Waals surface area contributed by atoms with Gasteiger partial charge in [-0.3, -0.25) is 9.59 Å². The molecule has 0 rings (SSSR count). The lowest BCUT2D eigenvalue weighted by molar-refractivity contribution is -0.141. The first-order valence-corrected chi connectivity index (χ1v) is 17.1. The van der Waals surface area contributed by atoms with E-state index in [0.717, 1.165) is 25.7 Å². The molecule has 0 unspecified atom stereocenters. The van der Waals surface area contributed by atoms with Gasteiger partial charge in [-0.1, -0.05) is 147 Å². The Kier molecular flexibility index (Phi) is 37.9. The molecule has 0 spiro atoms. The number of unbranched alkanes of at least 4 members (excludes halogenated alkanes) is 20. The smallest absolute Gasteiger partial charge is 0.305 e. The fraction of sp³-hybridized carbons (Fsp3) is 0.833. The average Bonchev–Trinajstić information content (AvgIpc) is 2.97. The van der Waals surface area contributed by atoms with Gasteiger partial charge in [0.2, 0.25) is 0 Å². The summed E-state index contributed by atoms with van der Waals surface area (Å²) >= 11 is 0. The zero-order chi connectivity index (χ0) is 29.8. The maximum atomic E-state index is 10.9. The standard InChI is InChI=1S/C19H34O2.C17H34O2/c1-3-4-5-6-7-8-9-10-11-12-13-14-15-16-17-18-19(20)21-2;1-3-4-5-6-7-8-9-10-11-12-13-14-15-16-17(18)19-2/h7-8,10-11H,3-6,9,12-18H2,1-2H3;3-16H2,1-2H3/b8-7-,11-10-;. The molecule has 0 heterocycles. The average molecular weight is 565 g/mol. The molecule has 0 bridgehead atoms. The van der Waals surface area contributed by atoms with Gasteiger partial charge in [-0.05, 0) is 44.9 Å². The van der Waals surface area contributed by atoms with Gasteiger partial charge >= 0.3 is 11.9 Å². The number of carbonyl (C=O) groups excluding carboxylic acids is 2. The number of ether oxygens (including phenoxy) is 2. The number of rotatable bonds is 28. The highest BCUT2D eigenvalue weighted by molar-refractivity contribution is 5.69. The molecule has 40 heavy (non-hydrogen) atoms. The zero-order valence-corrected chi connectivity index (χ0v) is 27.3. The molecule has 236 valence electrons. The highest BCUT2D eigenvalue weighted by Gasteiger charge is 2.00. The SMILES string of the molecule is CCCCC/C=C\C/C=C\CCCCCCCC(=O)OC.CCCCCCCCCCCCCCCC(=O)OC. The van der Waals surface area contributed by atoms with Gasteiger partial charge < -0.3 is 9.47 Å². The highest BCUT2D eigenvalue weighted by atomic mass is 16.5. The number of carbonyl (C=O) groups is 2. The molecule has 0 saturated heterocycles. The molecule has 0 radical (unpaired) electrons. The summed E-state index contributed by atoms with van der Waals surface area (Å²) in [5, 5.41) is 0. The topological polar surface area (TPSA) is 52.6 Å². The lowest BCUT2D eigenvalue weighted by atomic mass is 10.0. The van der Waals surface area contributed by atoms with Crippen LogP contribution in [-0.4, -0.2) is 26.2 Å². The molecule has 0 saturated carbocycles. The number of hydrogen-bond acceptors (Lipinski definition) is 4. The highest BCUT2D eigenvalue weighted by Crippen LogP contribution is 2.13. The summed E-state index contributed by atoms with van der Waals surface area (Å²) in [7, 11) is 2.92. The molecule has 0 aromatic rings. The number of methoxy groups -OCH3 is 2. The van der Waals surface area contributed by atoms with Crippen LogP contribution >= 0.6 is 0 Å². The van der Waals surface area contributed by atoms with Crippen LogP contribution in [0.3, 0.4) is 0 Å². The second-order valence-corrected chi connectivity index (χ2v) is 11.1. The summed E-state index contributed by atoms with van der Waals surface area (Å²) in [6, 6.07) is 0. The number of hydrogen-bond donors (Lipinski definition) is 0. The maximum absolute atomic E-state index is 10.9. The molecule has 0 N–H and O–H groups in total. The molecular weight excluding hydrogens is 496 g/mol. The molecule has 0 aromatic heterocycles. The van der Waals surface area contributed by atoms with E-state index in [1.807, 2.05) is 0 Å². The summed E-state index contributed by atoms with van der Waals surface area (Å²) in [5.41, 5.74) is 0. The van der Waals surface area contributed by atoms with E-state index in [2.05, 4.69) is 47.6 Å². The largest absolute Gasteiger partial charge is 0.469 e. The Hall–Kier alpha value is -1.58. The van der Waals surface area contributed by atoms with Crippen LogP contribution in [0.5, 0.6) is 0 Å². The van der Waals surface area contributed by atoms with Gasteiger partial charge in [0.25, 0.3) is 0 Å². The fourth-order valence-electron chi connectivity index (χ4n) is 4.57. The summed E-state index contributed by atoms with van der Waals surface area (Å²) in [6.07, 6.45) is 41.0. The van der Waals surface area contributed by atoms with E-state index in [0.29, 0.717) is 12.8 Å². The molecular formula is C36H68O4. The van der Waals surface area contributed by atoms with Gasteiger partial charge in [0.15, 0.2) is 0 Å². The summed E-state index contributed by atoms with van der Waals surface area (Å²) in [6.45, 7) is 4.51. The van der Waals surface area contributed by atoms with E-state index in [1.54, 1.807) is 0 Å². The van der Waals surface area contributed by atoms with Crippen LogP contribution in [0.15, 0.2) is 24.3 Å². The van der Waals surface area contributed by atoms with Crippen LogP contribution in [0.1, 0.15) is 181 Å². The Balaban J connectivity index is 0. The van der Waals surface area contributed by atoms with Crippen molar-refractivity contribution in [3.8, 4) is 0 Å². The van der Waals surface area contributed by atoms with Crippen molar-refractivity contribution in [1.29, 1.82) is 0 Å². The molecule has 0 fully saturated rings. The Labute approximate surface area is 250 Å². The minimum absolute atomic E-state index is 0.0666. The molecule has 0 aliphatic carbocycles. The van der Waals surface area contributed by atoms with Gasteiger partial charge in [0.1, 0.15) is 0 Å². The molecule has 0 aromatic carbocycles. The normalized spacial score (nSPS) is 11.1. The Bertz CT molecular complexity index is 567. The van der Waals surface area contributed by atoms with Crippen molar-refractivity contribution in [2.24, 2.45) is 0 Å². The van der Waals surface area contributed by atoms with Crippen molar-refractivity contribution in [3.05, 3.63) is 24.3 Å². The van der Waals surface area contributed by atoms with Gasteiger partial charge in [-0.15, -0.1) is 0 Å². The fourth-order valence-corrected chi connectivity index (χ4v) is 4.57. The van der Waals surface area contributed by atoms with Crippen molar-refractivity contribution in [2.45, 2.75) is 181 Å². The van der Waals surface area contributed by atoms with E-state index in [4.69, 9.17) is 0 Å². The quantitative estimate of drug-likeness (QED) is 0.0538. The Morgan fingerprint density at radius 1 is 0.425 bits per heavy atom. The van der Waals surface area contributed by atoms with Crippen LogP contribution in [0, 0.1) is 0 Å². The summed E-state index contributed by atoms with van der Waals surface area (Å²) in [4.78, 5) is 21.8. The third kappa shape index (κ3) is 38.6. The van der Waals surface area contributed by atoms with Crippen LogP contribution < -0.4 is 0 Å². The van der Waals surface area contributed by atoms with E-state index in [1.165, 1.54) is 143 Å². The third-order valence-electron chi connectivity index (χ3n) is 7.27. The number of allylic oxidation sites excluding steroid dienone is 4. The molecule has 0 aliphatic rings. The lowest BCUT2D eigenvalue weighted by Crippen LogP contribution is -1.99. The van der Waals surface area contributed by atoms with Crippen LogP contribution in [-0.2, 0) is 19.1 Å². The van der Waals surface area contributed by atoms with E-state index >= 15 is 0 Å². The predicted octanol–water partition coefficient (Wildman–Crippen LogP) is 11.6. The summed E-state index contributed by atoms with van der Waals surface area (Å²) in [5.74, 6) is -0.149. The molecule has 4 nitrogen and oxygen atoms in total. The Morgan fingerprint density at radius 2 is 0.725 bits per heavy atom. The first-order chi connectivity index (χ1) is 19.6. The second kappa shape index (κ2) is 37.4. The van der Waals surface area contributed by atoms with Gasteiger partial charge in [0, 0.05) is 12.8 Å². The lowest BCUT2D eigenvalue weighted by Gasteiger charge is -2.03. The van der Waals surface area contributed by atoms with Crippen molar-refractivity contribution in [3.63, 3.8) is 0 Å².